The van der Waals surface area contributed by atoms with Crippen LogP contribution in [0.4, 0.5) is 15.3 Å². The van der Waals surface area contributed by atoms with E-state index in [-0.39, 0.29) is 18.9 Å². The number of benzene rings is 1. The molecule has 2 N–H and O–H groups in total. The molecule has 1 atom stereocenters. The van der Waals surface area contributed by atoms with Crippen molar-refractivity contribution in [2.45, 2.75) is 6.42 Å². The van der Waals surface area contributed by atoms with Crippen molar-refractivity contribution in [1.82, 2.24) is 0 Å². The Bertz CT molecular complexity index is 620. The van der Waals surface area contributed by atoms with Crippen LogP contribution in [0.2, 0.25) is 0 Å². The van der Waals surface area contributed by atoms with Gasteiger partial charge in [-0.25, -0.2) is 0 Å². The summed E-state index contributed by atoms with van der Waals surface area (Å²) in [6.07, 6.45) is 0.00903. The van der Waals surface area contributed by atoms with Gasteiger partial charge in [0.05, 0.1) is 17.1 Å². The van der Waals surface area contributed by atoms with Gasteiger partial charge in [-0.3, -0.25) is 4.79 Å². The summed E-state index contributed by atoms with van der Waals surface area (Å²) in [5.41, 5.74) is 6.73. The maximum absolute atomic E-state index is 12.7. The Kier molecular flexibility index (Phi) is 3.82. The van der Waals surface area contributed by atoms with Crippen molar-refractivity contribution in [2.75, 3.05) is 22.9 Å². The normalized spacial score (nSPS) is 20.0. The number of halogens is 2. The van der Waals surface area contributed by atoms with E-state index in [9.17, 15) is 17.1 Å². The Labute approximate surface area is 118 Å². The first-order valence-electron chi connectivity index (χ1n) is 5.54. The summed E-state index contributed by atoms with van der Waals surface area (Å²) in [6.45, 7) is 0.155. The predicted molar refractivity (Wildman–Crippen MR) is 73.9 cm³/mol. The van der Waals surface area contributed by atoms with Gasteiger partial charge in [0, 0.05) is 23.4 Å². The van der Waals surface area contributed by atoms with Crippen LogP contribution in [0.15, 0.2) is 22.7 Å². The van der Waals surface area contributed by atoms with Crippen molar-refractivity contribution in [2.24, 2.45) is 5.92 Å². The molecule has 1 aliphatic heterocycles. The maximum Gasteiger partial charge on any atom is 0.302 e. The summed E-state index contributed by atoms with van der Waals surface area (Å²) in [4.78, 5) is 13.3. The van der Waals surface area contributed by atoms with Crippen molar-refractivity contribution in [3.05, 3.63) is 22.7 Å². The summed E-state index contributed by atoms with van der Waals surface area (Å²) in [5.74, 6) is -1.43. The lowest BCUT2D eigenvalue weighted by Crippen LogP contribution is -2.26. The van der Waals surface area contributed by atoms with Crippen LogP contribution in [0.1, 0.15) is 6.42 Å². The smallest absolute Gasteiger partial charge is 0.302 e. The van der Waals surface area contributed by atoms with E-state index in [1.54, 1.807) is 18.2 Å². The molecule has 0 spiro atoms. The molecule has 8 heteroatoms. The summed E-state index contributed by atoms with van der Waals surface area (Å²) in [6, 6.07) is 5.06. The molecule has 1 heterocycles. The third-order valence-electron chi connectivity index (χ3n) is 2.92. The molecule has 1 fully saturated rings. The lowest BCUT2D eigenvalue weighted by molar-refractivity contribution is -0.117. The zero-order chi connectivity index (χ0) is 14.2. The summed E-state index contributed by atoms with van der Waals surface area (Å²) >= 11 is 3.28. The van der Waals surface area contributed by atoms with Crippen LogP contribution in [0.5, 0.6) is 0 Å². The minimum absolute atomic E-state index is 0.00903. The van der Waals surface area contributed by atoms with Crippen LogP contribution in [0, 0.1) is 5.92 Å². The molecular weight excluding hydrogens is 339 g/mol. The van der Waals surface area contributed by atoms with Gasteiger partial charge in [-0.15, -0.1) is 3.89 Å². The highest BCUT2D eigenvalue weighted by Crippen LogP contribution is 2.32. The van der Waals surface area contributed by atoms with E-state index in [0.717, 1.165) is 4.47 Å². The van der Waals surface area contributed by atoms with Gasteiger partial charge in [0.15, 0.2) is 0 Å². The van der Waals surface area contributed by atoms with Crippen LogP contribution >= 0.6 is 15.9 Å². The standard InChI is InChI=1S/C11H12BrFN2O3S/c12-8-1-2-9(14)10(4-8)15-5-7(3-11(15)16)6-19(13,17)18/h1-2,4,7H,3,5-6,14H2. The van der Waals surface area contributed by atoms with Crippen molar-refractivity contribution < 1.29 is 17.1 Å². The Morgan fingerprint density at radius 1 is 1.47 bits per heavy atom. The second-order valence-corrected chi connectivity index (χ2v) is 6.81. The zero-order valence-electron chi connectivity index (χ0n) is 9.84. The highest BCUT2D eigenvalue weighted by Gasteiger charge is 2.34. The molecule has 0 saturated carbocycles. The number of nitrogens with two attached hydrogens (primary N) is 1. The monoisotopic (exact) mass is 350 g/mol. The minimum Gasteiger partial charge on any atom is -0.397 e. The van der Waals surface area contributed by atoms with E-state index in [1.165, 1.54) is 4.90 Å². The van der Waals surface area contributed by atoms with Crippen molar-refractivity contribution in [3.63, 3.8) is 0 Å². The molecule has 0 aromatic heterocycles. The Hall–Kier alpha value is -1.15. The van der Waals surface area contributed by atoms with E-state index in [4.69, 9.17) is 5.73 Å². The van der Waals surface area contributed by atoms with Gasteiger partial charge >= 0.3 is 10.2 Å². The molecule has 5 nitrogen and oxygen atoms in total. The first kappa shape index (κ1) is 14.3. The molecule has 19 heavy (non-hydrogen) atoms. The van der Waals surface area contributed by atoms with Gasteiger partial charge in [0.2, 0.25) is 5.91 Å². The van der Waals surface area contributed by atoms with E-state index in [2.05, 4.69) is 15.9 Å². The predicted octanol–water partition coefficient (Wildman–Crippen LogP) is 1.68. The number of nitrogens with zero attached hydrogens (tertiary/aromatic N) is 1. The maximum atomic E-state index is 12.7. The number of nitrogen functional groups attached to an aromatic ring is 1. The molecule has 0 aliphatic carbocycles. The van der Waals surface area contributed by atoms with E-state index < -0.39 is 21.9 Å². The van der Waals surface area contributed by atoms with Crippen molar-refractivity contribution in [3.8, 4) is 0 Å². The Morgan fingerprint density at radius 2 is 2.16 bits per heavy atom. The second kappa shape index (κ2) is 5.09. The Balaban J connectivity index is 2.23. The van der Waals surface area contributed by atoms with Crippen LogP contribution in [0.25, 0.3) is 0 Å². The number of hydrogen-bond donors (Lipinski definition) is 1. The van der Waals surface area contributed by atoms with E-state index in [0.29, 0.717) is 11.4 Å². The molecule has 1 aliphatic rings. The molecular formula is C11H12BrFN2O3S. The topological polar surface area (TPSA) is 80.5 Å². The van der Waals surface area contributed by atoms with Gasteiger partial charge < -0.3 is 10.6 Å². The SMILES string of the molecule is Nc1ccc(Br)cc1N1CC(CS(=O)(=O)F)CC1=O. The first-order chi connectivity index (χ1) is 8.76. The molecule has 2 rings (SSSR count). The molecule has 1 unspecified atom stereocenters. The van der Waals surface area contributed by atoms with Gasteiger partial charge in [0.25, 0.3) is 0 Å². The summed E-state index contributed by atoms with van der Waals surface area (Å²) in [5, 5.41) is 0. The largest absolute Gasteiger partial charge is 0.397 e. The van der Waals surface area contributed by atoms with Gasteiger partial charge in [0.1, 0.15) is 0 Å². The third-order valence-corrected chi connectivity index (χ3v) is 4.29. The molecule has 104 valence electrons. The van der Waals surface area contributed by atoms with Gasteiger partial charge in [-0.05, 0) is 18.2 Å². The zero-order valence-corrected chi connectivity index (χ0v) is 12.2. The fraction of sp³-hybridized carbons (Fsp3) is 0.364. The molecule has 0 bridgehead atoms. The van der Waals surface area contributed by atoms with Crippen LogP contribution in [-0.2, 0) is 15.0 Å². The average molecular weight is 351 g/mol. The molecule has 0 radical (unpaired) electrons. The van der Waals surface area contributed by atoms with Crippen molar-refractivity contribution >= 4 is 43.4 Å². The number of anilines is 2. The van der Waals surface area contributed by atoms with Crippen LogP contribution in [-0.4, -0.2) is 26.6 Å². The number of amides is 1. The highest BCUT2D eigenvalue weighted by atomic mass is 79.9. The van der Waals surface area contributed by atoms with Gasteiger partial charge in [-0.1, -0.05) is 15.9 Å². The number of carbonyl (C=O) groups excluding carboxylic acids is 1. The van der Waals surface area contributed by atoms with Crippen LogP contribution in [0.3, 0.4) is 0 Å². The average Bonchev–Trinajstić information content (AvgIpc) is 2.60. The fourth-order valence-electron chi connectivity index (χ4n) is 2.16. The minimum atomic E-state index is -4.57. The molecule has 1 amide bonds. The number of hydrogen-bond acceptors (Lipinski definition) is 4. The number of carbonyl (C=O) groups is 1. The summed E-state index contributed by atoms with van der Waals surface area (Å²) in [7, 11) is -4.57. The van der Waals surface area contributed by atoms with Crippen LogP contribution < -0.4 is 10.6 Å². The quantitative estimate of drug-likeness (QED) is 0.664. The first-order valence-corrected chi connectivity index (χ1v) is 7.88. The number of rotatable bonds is 3. The Morgan fingerprint density at radius 3 is 2.79 bits per heavy atom. The molecule has 1 aromatic rings. The van der Waals surface area contributed by atoms with Gasteiger partial charge in [-0.2, -0.15) is 8.42 Å². The summed E-state index contributed by atoms with van der Waals surface area (Å²) < 4.78 is 34.7. The fourth-order valence-corrected chi connectivity index (χ4v) is 3.29. The van der Waals surface area contributed by atoms with E-state index >= 15 is 0 Å². The van der Waals surface area contributed by atoms with E-state index in [1.807, 2.05) is 0 Å². The second-order valence-electron chi connectivity index (χ2n) is 4.48. The molecule has 1 aromatic carbocycles. The lowest BCUT2D eigenvalue weighted by atomic mass is 10.1. The third kappa shape index (κ3) is 3.44. The van der Waals surface area contributed by atoms with Crippen molar-refractivity contribution in [1.29, 1.82) is 0 Å². The molecule has 1 saturated heterocycles. The lowest BCUT2D eigenvalue weighted by Gasteiger charge is -2.18. The highest BCUT2D eigenvalue weighted by molar-refractivity contribution is 9.10.